The molecule has 6 heteroatoms. The minimum Gasteiger partial charge on any atom is -0.328 e. The molecule has 1 aliphatic heterocycles. The van der Waals surface area contributed by atoms with Crippen LogP contribution in [0.2, 0.25) is 0 Å². The molecule has 0 aliphatic carbocycles. The smallest absolute Gasteiger partial charge is 0.279 e. The number of carbonyl (C=O) groups excluding carboxylic acids is 2. The highest BCUT2D eigenvalue weighted by atomic mass is 16.2. The summed E-state index contributed by atoms with van der Waals surface area (Å²) >= 11 is 0. The number of nitrogens with one attached hydrogen (secondary N) is 2. The average molecular weight is 404 g/mol. The normalized spacial score (nSPS) is 14.5. The Balaban J connectivity index is 1.46. The van der Waals surface area contributed by atoms with Crippen LogP contribution in [0.3, 0.4) is 0 Å². The molecule has 1 heterocycles. The lowest BCUT2D eigenvalue weighted by atomic mass is 10.1. The summed E-state index contributed by atoms with van der Waals surface area (Å²) in [6.45, 7) is 7.19. The number of amides is 2. The molecule has 2 amide bonds. The monoisotopic (exact) mass is 403 g/mol. The lowest BCUT2D eigenvalue weighted by Crippen LogP contribution is -3.15. The van der Waals surface area contributed by atoms with Gasteiger partial charge in [-0.1, -0.05) is 24.3 Å². The molecule has 0 bridgehead atoms. The number of anilines is 1. The number of nitriles is 1. The number of hydrogen-bond donors (Lipinski definition) is 2. The van der Waals surface area contributed by atoms with Crippen LogP contribution in [0.15, 0.2) is 48.5 Å². The van der Waals surface area contributed by atoms with Crippen LogP contribution in [-0.2, 0) is 9.59 Å². The van der Waals surface area contributed by atoms with Gasteiger partial charge in [0.1, 0.15) is 0 Å². The van der Waals surface area contributed by atoms with Gasteiger partial charge in [-0.2, -0.15) is 5.26 Å². The molecule has 0 atom stereocenters. The Morgan fingerprint density at radius 2 is 1.83 bits per heavy atom. The van der Waals surface area contributed by atoms with E-state index in [1.807, 2.05) is 49.1 Å². The zero-order valence-corrected chi connectivity index (χ0v) is 17.4. The fourth-order valence-corrected chi connectivity index (χ4v) is 3.47. The van der Waals surface area contributed by atoms with Gasteiger partial charge in [0.05, 0.1) is 37.8 Å². The molecule has 6 nitrogen and oxygen atoms in total. The van der Waals surface area contributed by atoms with Crippen LogP contribution in [-0.4, -0.2) is 49.4 Å². The van der Waals surface area contributed by atoms with Crippen molar-refractivity contribution in [3.05, 3.63) is 70.8 Å². The Hall–Kier alpha value is -3.43. The summed E-state index contributed by atoms with van der Waals surface area (Å²) in [7, 11) is 0. The average Bonchev–Trinajstić information content (AvgIpc) is 2.76. The summed E-state index contributed by atoms with van der Waals surface area (Å²) in [6, 6.07) is 15.1. The molecule has 0 saturated carbocycles. The number of aryl methyl sites for hydroxylation is 1. The summed E-state index contributed by atoms with van der Waals surface area (Å²) < 4.78 is 0. The molecule has 0 aromatic heterocycles. The van der Waals surface area contributed by atoms with Crippen molar-refractivity contribution in [1.29, 1.82) is 5.26 Å². The van der Waals surface area contributed by atoms with Crippen LogP contribution in [0, 0.1) is 25.2 Å². The molecule has 30 heavy (non-hydrogen) atoms. The van der Waals surface area contributed by atoms with E-state index in [4.69, 9.17) is 5.26 Å². The van der Waals surface area contributed by atoms with Gasteiger partial charge in [0, 0.05) is 11.8 Å². The largest absolute Gasteiger partial charge is 0.328 e. The highest BCUT2D eigenvalue weighted by Crippen LogP contribution is 2.17. The van der Waals surface area contributed by atoms with Crippen LogP contribution < -0.4 is 10.2 Å². The standard InChI is InChI=1S/C24H26N4O2/c1-18-4-3-5-22(19(18)2)26-23(29)17-27-12-14-28(15-13-27)24(30)11-10-20-6-8-21(16-25)9-7-20/h3-11H,12-15,17H2,1-2H3,(H,26,29)/p+1/b11-10+. The second-order valence-corrected chi connectivity index (χ2v) is 7.61. The quantitative estimate of drug-likeness (QED) is 0.744. The molecule has 2 aromatic rings. The minimum absolute atomic E-state index is 0.000752. The first kappa shape index (κ1) is 21.3. The first-order valence-corrected chi connectivity index (χ1v) is 10.1. The molecule has 1 saturated heterocycles. The highest BCUT2D eigenvalue weighted by Gasteiger charge is 2.24. The Morgan fingerprint density at radius 3 is 2.50 bits per heavy atom. The zero-order chi connectivity index (χ0) is 21.5. The maximum Gasteiger partial charge on any atom is 0.279 e. The molecule has 0 unspecified atom stereocenters. The molecule has 1 aliphatic rings. The van der Waals surface area contributed by atoms with Crippen LogP contribution in [0.25, 0.3) is 6.08 Å². The summed E-state index contributed by atoms with van der Waals surface area (Å²) in [4.78, 5) is 27.8. The van der Waals surface area contributed by atoms with Crippen molar-refractivity contribution in [2.24, 2.45) is 0 Å². The zero-order valence-electron chi connectivity index (χ0n) is 17.4. The second-order valence-electron chi connectivity index (χ2n) is 7.61. The van der Waals surface area contributed by atoms with Crippen molar-refractivity contribution in [2.75, 3.05) is 38.0 Å². The van der Waals surface area contributed by atoms with Gasteiger partial charge in [-0.25, -0.2) is 0 Å². The van der Waals surface area contributed by atoms with E-state index < -0.39 is 0 Å². The molecule has 154 valence electrons. The van der Waals surface area contributed by atoms with Gasteiger partial charge < -0.3 is 15.1 Å². The van der Waals surface area contributed by atoms with Gasteiger partial charge >= 0.3 is 0 Å². The predicted molar refractivity (Wildman–Crippen MR) is 117 cm³/mol. The maximum absolute atomic E-state index is 12.4. The number of nitrogens with zero attached hydrogens (tertiary/aromatic N) is 2. The van der Waals surface area contributed by atoms with Crippen molar-refractivity contribution in [3.63, 3.8) is 0 Å². The first-order chi connectivity index (χ1) is 14.5. The van der Waals surface area contributed by atoms with Crippen LogP contribution in [0.4, 0.5) is 5.69 Å². The summed E-state index contributed by atoms with van der Waals surface area (Å²) in [6.07, 6.45) is 3.33. The Kier molecular flexibility index (Phi) is 6.99. The molecule has 3 rings (SSSR count). The van der Waals surface area contributed by atoms with Crippen LogP contribution in [0.5, 0.6) is 0 Å². The number of piperazine rings is 1. The number of quaternary nitrogens is 1. The van der Waals surface area contributed by atoms with E-state index in [-0.39, 0.29) is 11.8 Å². The lowest BCUT2D eigenvalue weighted by molar-refractivity contribution is -0.895. The number of carbonyl (C=O) groups is 2. The van der Waals surface area contributed by atoms with Crippen molar-refractivity contribution in [2.45, 2.75) is 13.8 Å². The van der Waals surface area contributed by atoms with Gasteiger partial charge in [0.2, 0.25) is 5.91 Å². The Bertz CT molecular complexity index is 981. The van der Waals surface area contributed by atoms with Gasteiger partial charge in [0.25, 0.3) is 5.91 Å². The van der Waals surface area contributed by atoms with Gasteiger partial charge in [-0.15, -0.1) is 0 Å². The van der Waals surface area contributed by atoms with Crippen LogP contribution >= 0.6 is 0 Å². The first-order valence-electron chi connectivity index (χ1n) is 10.1. The van der Waals surface area contributed by atoms with Gasteiger partial charge in [-0.3, -0.25) is 9.59 Å². The van der Waals surface area contributed by atoms with E-state index >= 15 is 0 Å². The number of benzene rings is 2. The maximum atomic E-state index is 12.4. The molecular weight excluding hydrogens is 376 g/mol. The molecule has 0 spiro atoms. The molecular formula is C24H27N4O2+. The van der Waals surface area contributed by atoms with E-state index in [0.717, 1.165) is 35.5 Å². The molecule has 1 fully saturated rings. The third kappa shape index (κ3) is 5.56. The summed E-state index contributed by atoms with van der Waals surface area (Å²) in [5.41, 5.74) is 4.58. The highest BCUT2D eigenvalue weighted by molar-refractivity contribution is 5.93. The second kappa shape index (κ2) is 9.86. The fraction of sp³-hybridized carbons (Fsp3) is 0.292. The SMILES string of the molecule is Cc1cccc(NC(=O)C[NH+]2CCN(C(=O)/C=C/c3ccc(C#N)cc3)CC2)c1C. The van der Waals surface area contributed by atoms with E-state index in [2.05, 4.69) is 11.4 Å². The van der Waals surface area contributed by atoms with Crippen molar-refractivity contribution in [3.8, 4) is 6.07 Å². The third-order valence-electron chi connectivity index (χ3n) is 5.53. The summed E-state index contributed by atoms with van der Waals surface area (Å²) in [5.74, 6) is -0.0302. The Morgan fingerprint density at radius 1 is 1.13 bits per heavy atom. The van der Waals surface area contributed by atoms with E-state index in [1.165, 1.54) is 4.90 Å². The number of hydrogen-bond acceptors (Lipinski definition) is 3. The fourth-order valence-electron chi connectivity index (χ4n) is 3.47. The minimum atomic E-state index is -0.0294. The molecule has 2 aromatic carbocycles. The third-order valence-corrected chi connectivity index (χ3v) is 5.53. The van der Waals surface area contributed by atoms with Crippen LogP contribution in [0.1, 0.15) is 22.3 Å². The molecule has 2 N–H and O–H groups in total. The van der Waals surface area contributed by atoms with Gasteiger partial charge in [0.15, 0.2) is 6.54 Å². The topological polar surface area (TPSA) is 77.6 Å². The summed E-state index contributed by atoms with van der Waals surface area (Å²) in [5, 5.41) is 11.8. The van der Waals surface area contributed by atoms with E-state index in [9.17, 15) is 9.59 Å². The number of rotatable bonds is 5. The lowest BCUT2D eigenvalue weighted by Gasteiger charge is -2.31. The van der Waals surface area contributed by atoms with E-state index in [1.54, 1.807) is 24.3 Å². The predicted octanol–water partition coefficient (Wildman–Crippen LogP) is 1.55. The van der Waals surface area contributed by atoms with Crippen molar-refractivity contribution < 1.29 is 14.5 Å². The molecule has 0 radical (unpaired) electrons. The Labute approximate surface area is 177 Å². The van der Waals surface area contributed by atoms with Crippen molar-refractivity contribution in [1.82, 2.24) is 4.90 Å². The van der Waals surface area contributed by atoms with Crippen molar-refractivity contribution >= 4 is 23.6 Å². The van der Waals surface area contributed by atoms with Gasteiger partial charge in [-0.05, 0) is 54.8 Å². The van der Waals surface area contributed by atoms with E-state index in [0.29, 0.717) is 25.2 Å².